The van der Waals surface area contributed by atoms with Gasteiger partial charge in [-0.2, -0.15) is 0 Å². The number of aliphatic imine (C=N–C) groups is 4. The van der Waals surface area contributed by atoms with Crippen molar-refractivity contribution >= 4 is 55.5 Å². The summed E-state index contributed by atoms with van der Waals surface area (Å²) in [5.74, 6) is 0. The van der Waals surface area contributed by atoms with Crippen molar-refractivity contribution in [3.63, 3.8) is 0 Å². The van der Waals surface area contributed by atoms with Gasteiger partial charge in [0.1, 0.15) is 0 Å². The van der Waals surface area contributed by atoms with E-state index in [-0.39, 0.29) is 5.41 Å². The van der Waals surface area contributed by atoms with Crippen LogP contribution in [0.1, 0.15) is 52.6 Å². The van der Waals surface area contributed by atoms with E-state index in [9.17, 15) is 0 Å². The molecule has 0 saturated carbocycles. The maximum Gasteiger partial charge on any atom is 0.0801 e. The third kappa shape index (κ3) is 6.81. The van der Waals surface area contributed by atoms with Gasteiger partial charge in [-0.3, -0.25) is 0 Å². The van der Waals surface area contributed by atoms with Crippen molar-refractivity contribution in [1.82, 2.24) is 0 Å². The molecular formula is C50H41BrN4. The number of nitrogens with zero attached hydrogens (tertiary/aromatic N) is 4. The molecule has 0 fully saturated rings. The summed E-state index contributed by atoms with van der Waals surface area (Å²) in [6.45, 7) is 16.5. The van der Waals surface area contributed by atoms with Crippen molar-refractivity contribution < 1.29 is 0 Å². The van der Waals surface area contributed by atoms with Crippen molar-refractivity contribution in [2.24, 2.45) is 20.0 Å². The Balaban J connectivity index is 1.38. The zero-order valence-electron chi connectivity index (χ0n) is 31.2. The molecule has 5 aliphatic rings. The number of halogens is 1. The second kappa shape index (κ2) is 15.0. The van der Waals surface area contributed by atoms with Crippen molar-refractivity contribution in [1.29, 1.82) is 0 Å². The van der Waals surface area contributed by atoms with Gasteiger partial charge in [0.25, 0.3) is 0 Å². The molecule has 5 heterocycles. The molecule has 0 amide bonds. The fraction of sp³-hybridized carbons (Fsp3) is 0.120. The Labute approximate surface area is 332 Å². The highest BCUT2D eigenvalue weighted by Gasteiger charge is 2.30. The maximum atomic E-state index is 5.39. The Morgan fingerprint density at radius 1 is 0.455 bits per heavy atom. The van der Waals surface area contributed by atoms with Gasteiger partial charge in [-0.1, -0.05) is 102 Å². The van der Waals surface area contributed by atoms with E-state index in [1.807, 2.05) is 30.4 Å². The van der Waals surface area contributed by atoms with Crippen LogP contribution in [0.5, 0.6) is 0 Å². The summed E-state index contributed by atoms with van der Waals surface area (Å²) in [7, 11) is 0. The highest BCUT2D eigenvalue weighted by Crippen LogP contribution is 2.40. The average molecular weight is 778 g/mol. The van der Waals surface area contributed by atoms with Crippen LogP contribution in [0.25, 0.3) is 16.7 Å². The predicted octanol–water partition coefficient (Wildman–Crippen LogP) is 12.5. The lowest BCUT2D eigenvalue weighted by Gasteiger charge is -2.32. The number of hydrogen-bond donors (Lipinski definition) is 0. The van der Waals surface area contributed by atoms with Crippen LogP contribution < -0.4 is 0 Å². The summed E-state index contributed by atoms with van der Waals surface area (Å²) in [4.78, 5) is 21.1. The van der Waals surface area contributed by atoms with Crippen molar-refractivity contribution in [2.75, 3.05) is 0 Å². The minimum atomic E-state index is -0.161. The minimum absolute atomic E-state index is 0.161. The SMILES string of the molecule is C=CCC(CC=C)(CC=C)c1ccc(C2=C3C=CC(=N3)C(c3ccc(C)cc3)=C3C=CC(=N3)C(Br)=C3C=CC(=N3)C(c3ccc(C)cc3)=C3C=CC2=N3)cc1. The first-order valence-electron chi connectivity index (χ1n) is 18.6. The zero-order chi connectivity index (χ0) is 38.1. The molecule has 0 aromatic heterocycles. The fourth-order valence-electron chi connectivity index (χ4n) is 7.80. The van der Waals surface area contributed by atoms with E-state index in [2.05, 4.69) is 159 Å². The van der Waals surface area contributed by atoms with Crippen LogP contribution in [-0.4, -0.2) is 22.8 Å². The molecule has 8 rings (SSSR count). The summed E-state index contributed by atoms with van der Waals surface area (Å²) < 4.78 is 0.827. The maximum absolute atomic E-state index is 5.39. The second-order valence-corrected chi connectivity index (χ2v) is 15.2. The molecule has 8 bridgehead atoms. The molecule has 0 atom stereocenters. The lowest BCUT2D eigenvalue weighted by atomic mass is 9.72. The third-order valence-corrected chi connectivity index (χ3v) is 11.4. The fourth-order valence-corrected chi connectivity index (χ4v) is 8.25. The summed E-state index contributed by atoms with van der Waals surface area (Å²) >= 11 is 3.87. The van der Waals surface area contributed by atoms with Crippen molar-refractivity contribution in [2.45, 2.75) is 38.5 Å². The van der Waals surface area contributed by atoms with E-state index >= 15 is 0 Å². The second-order valence-electron chi connectivity index (χ2n) is 14.4. The van der Waals surface area contributed by atoms with Gasteiger partial charge in [0, 0.05) is 22.1 Å². The number of aryl methyl sites for hydroxylation is 2. The van der Waals surface area contributed by atoms with Crippen molar-refractivity contribution in [3.8, 4) is 0 Å². The van der Waals surface area contributed by atoms with E-state index in [0.29, 0.717) is 0 Å². The Kier molecular flexibility index (Phi) is 9.81. The van der Waals surface area contributed by atoms with E-state index in [1.54, 1.807) is 0 Å². The molecular weight excluding hydrogens is 736 g/mol. The summed E-state index contributed by atoms with van der Waals surface area (Å²) in [5, 5.41) is 0. The van der Waals surface area contributed by atoms with E-state index in [0.717, 1.165) is 103 Å². The molecule has 0 unspecified atom stereocenters. The lowest BCUT2D eigenvalue weighted by Crippen LogP contribution is -2.24. The quantitative estimate of drug-likeness (QED) is 0.184. The van der Waals surface area contributed by atoms with Gasteiger partial charge >= 0.3 is 0 Å². The van der Waals surface area contributed by atoms with Gasteiger partial charge < -0.3 is 0 Å². The van der Waals surface area contributed by atoms with Crippen LogP contribution in [0.2, 0.25) is 0 Å². The van der Waals surface area contributed by atoms with Crippen molar-refractivity contribution in [3.05, 3.63) is 220 Å². The Bertz CT molecular complexity index is 2460. The molecule has 55 heavy (non-hydrogen) atoms. The monoisotopic (exact) mass is 776 g/mol. The van der Waals surface area contributed by atoms with Gasteiger partial charge in [0.15, 0.2) is 0 Å². The van der Waals surface area contributed by atoms with E-state index < -0.39 is 0 Å². The van der Waals surface area contributed by atoms with Gasteiger partial charge in [-0.05, 0) is 120 Å². The summed E-state index contributed by atoms with van der Waals surface area (Å²) in [6, 6.07) is 26.0. The Morgan fingerprint density at radius 3 is 1.18 bits per heavy atom. The number of benzene rings is 3. The predicted molar refractivity (Wildman–Crippen MR) is 238 cm³/mol. The largest absolute Gasteiger partial charge is 0.248 e. The number of hydrogen-bond acceptors (Lipinski definition) is 4. The molecule has 5 aliphatic heterocycles. The third-order valence-electron chi connectivity index (χ3n) is 10.6. The first kappa shape index (κ1) is 36.0. The molecule has 5 heteroatoms. The summed E-state index contributed by atoms with van der Waals surface area (Å²) in [6.07, 6.45) is 25.1. The number of fused-ring (bicyclic) bond motifs is 4. The molecule has 3 aromatic carbocycles. The van der Waals surface area contributed by atoms with Gasteiger partial charge in [0.2, 0.25) is 0 Å². The zero-order valence-corrected chi connectivity index (χ0v) is 32.8. The van der Waals surface area contributed by atoms with Crippen LogP contribution in [0.4, 0.5) is 0 Å². The first-order chi connectivity index (χ1) is 26.8. The normalized spacial score (nSPS) is 17.3. The minimum Gasteiger partial charge on any atom is -0.248 e. The summed E-state index contributed by atoms with van der Waals surface area (Å²) in [5.41, 5.74) is 16.1. The van der Waals surface area contributed by atoms with Gasteiger partial charge in [-0.25, -0.2) is 20.0 Å². The topological polar surface area (TPSA) is 49.4 Å². The molecule has 0 radical (unpaired) electrons. The van der Waals surface area contributed by atoms with E-state index in [4.69, 9.17) is 20.0 Å². The van der Waals surface area contributed by atoms with Crippen LogP contribution in [0.3, 0.4) is 0 Å². The Hall–Kier alpha value is -6.04. The molecule has 3 aromatic rings. The molecule has 0 saturated heterocycles. The highest BCUT2D eigenvalue weighted by molar-refractivity contribution is 9.12. The molecule has 0 spiro atoms. The Morgan fingerprint density at radius 2 is 0.782 bits per heavy atom. The first-order valence-corrected chi connectivity index (χ1v) is 19.4. The average Bonchev–Trinajstić information content (AvgIpc) is 4.03. The smallest absolute Gasteiger partial charge is 0.0801 e. The molecule has 0 N–H and O–H groups in total. The van der Waals surface area contributed by atoms with Crippen LogP contribution in [0.15, 0.2) is 207 Å². The number of allylic oxidation sites excluding steroid dienone is 15. The van der Waals surface area contributed by atoms with Crippen LogP contribution in [0, 0.1) is 13.8 Å². The van der Waals surface area contributed by atoms with Gasteiger partial charge in [0.05, 0.1) is 50.1 Å². The van der Waals surface area contributed by atoms with Gasteiger partial charge in [-0.15, -0.1) is 19.7 Å². The highest BCUT2D eigenvalue weighted by atomic mass is 79.9. The molecule has 4 nitrogen and oxygen atoms in total. The van der Waals surface area contributed by atoms with E-state index in [1.165, 1.54) is 16.7 Å². The van der Waals surface area contributed by atoms with Crippen LogP contribution >= 0.6 is 15.9 Å². The van der Waals surface area contributed by atoms with Crippen LogP contribution in [-0.2, 0) is 5.41 Å². The number of rotatable bonds is 10. The standard InChI is InChI=1S/C50H41BrN4/c1-6-29-50(30-7-2,31-8-3)37-19-17-36(18-20-37)48-40-23-21-38(52-40)46(34-13-9-32(4)10-14-34)42-25-27-44(54-42)49(51)45-28-26-43(55-45)47(39-22-24-41(48)53-39)35-15-11-33(5)12-16-35/h6-28H,1-3,29-31H2,4-5H3. The molecule has 0 aliphatic carbocycles. The molecule has 268 valence electrons. The lowest BCUT2D eigenvalue weighted by molar-refractivity contribution is 0.442.